The van der Waals surface area contributed by atoms with E-state index >= 15 is 0 Å². The van der Waals surface area contributed by atoms with Gasteiger partial charge < -0.3 is 4.74 Å². The third-order valence-electron chi connectivity index (χ3n) is 2.44. The van der Waals surface area contributed by atoms with Gasteiger partial charge in [-0.15, -0.1) is 5.10 Å². The van der Waals surface area contributed by atoms with Crippen LogP contribution in [0.1, 0.15) is 37.2 Å². The molecule has 1 amide bonds. The van der Waals surface area contributed by atoms with E-state index in [1.807, 2.05) is 20.8 Å². The average Bonchev–Trinajstić information content (AvgIpc) is 2.68. The minimum atomic E-state index is -0.518. The molecule has 0 spiro atoms. The minimum Gasteiger partial charge on any atom is -0.444 e. The molecular formula is C11H16N4O3. The first-order valence-corrected chi connectivity index (χ1v) is 5.76. The Bertz CT molecular complexity index is 475. The van der Waals surface area contributed by atoms with Gasteiger partial charge in [0.2, 0.25) is 5.82 Å². The summed E-state index contributed by atoms with van der Waals surface area (Å²) in [6, 6.07) is 0. The molecule has 2 rings (SSSR count). The van der Waals surface area contributed by atoms with Gasteiger partial charge in [-0.3, -0.25) is 9.69 Å². The fourth-order valence-corrected chi connectivity index (χ4v) is 1.69. The van der Waals surface area contributed by atoms with Gasteiger partial charge in [0.15, 0.2) is 6.29 Å². The molecule has 0 aliphatic carbocycles. The van der Waals surface area contributed by atoms with Crippen molar-refractivity contribution in [3.8, 4) is 0 Å². The summed E-state index contributed by atoms with van der Waals surface area (Å²) in [6.45, 7) is 6.81. The number of carbonyl (C=O) groups is 2. The van der Waals surface area contributed by atoms with Crippen LogP contribution in [0.3, 0.4) is 0 Å². The van der Waals surface area contributed by atoms with Crippen LogP contribution < -0.4 is 0 Å². The summed E-state index contributed by atoms with van der Waals surface area (Å²) in [5, 5.41) is 4.00. The van der Waals surface area contributed by atoms with Crippen molar-refractivity contribution in [2.75, 3.05) is 6.54 Å². The molecular weight excluding hydrogens is 236 g/mol. The molecule has 1 aliphatic rings. The Kier molecular flexibility index (Phi) is 3.06. The minimum absolute atomic E-state index is 0.149. The first kappa shape index (κ1) is 12.5. The van der Waals surface area contributed by atoms with Crippen molar-refractivity contribution in [1.29, 1.82) is 0 Å². The van der Waals surface area contributed by atoms with E-state index in [2.05, 4.69) is 10.1 Å². The fourth-order valence-electron chi connectivity index (χ4n) is 1.69. The van der Waals surface area contributed by atoms with E-state index < -0.39 is 5.60 Å². The van der Waals surface area contributed by atoms with Gasteiger partial charge in [0.05, 0.1) is 13.1 Å². The predicted molar refractivity (Wildman–Crippen MR) is 62.1 cm³/mol. The van der Waals surface area contributed by atoms with E-state index in [1.165, 1.54) is 0 Å². The number of nitrogens with zero attached hydrogens (tertiary/aromatic N) is 4. The topological polar surface area (TPSA) is 77.3 Å². The number of hydrogen-bond acceptors (Lipinski definition) is 5. The normalized spacial score (nSPS) is 15.2. The standard InChI is InChI=1S/C11H16N4O3/c1-11(2,3)18-10(17)14-4-5-15-9(6-14)12-8(7-16)13-15/h7H,4-6H2,1-3H3. The highest BCUT2D eigenvalue weighted by atomic mass is 16.6. The predicted octanol–water partition coefficient (Wildman–Crippen LogP) is 0.841. The molecule has 18 heavy (non-hydrogen) atoms. The first-order valence-electron chi connectivity index (χ1n) is 5.76. The molecule has 0 fully saturated rings. The number of aromatic nitrogens is 3. The van der Waals surface area contributed by atoms with E-state index in [9.17, 15) is 9.59 Å². The lowest BCUT2D eigenvalue weighted by molar-refractivity contribution is 0.0190. The Labute approximate surface area is 105 Å². The summed E-state index contributed by atoms with van der Waals surface area (Å²) in [6.07, 6.45) is 0.229. The number of fused-ring (bicyclic) bond motifs is 1. The molecule has 0 N–H and O–H groups in total. The van der Waals surface area contributed by atoms with Crippen molar-refractivity contribution < 1.29 is 14.3 Å². The van der Waals surface area contributed by atoms with Gasteiger partial charge in [0, 0.05) is 6.54 Å². The number of carbonyl (C=O) groups excluding carboxylic acids is 2. The Hall–Kier alpha value is -1.92. The zero-order chi connectivity index (χ0) is 13.3. The first-order chi connectivity index (χ1) is 8.39. The second-order valence-electron chi connectivity index (χ2n) is 5.13. The van der Waals surface area contributed by atoms with Crippen LogP contribution in [0.25, 0.3) is 0 Å². The van der Waals surface area contributed by atoms with Gasteiger partial charge in [-0.2, -0.15) is 0 Å². The maximum absolute atomic E-state index is 11.9. The number of aldehydes is 1. The second-order valence-corrected chi connectivity index (χ2v) is 5.13. The van der Waals surface area contributed by atoms with Crippen molar-refractivity contribution in [3.63, 3.8) is 0 Å². The van der Waals surface area contributed by atoms with Crippen molar-refractivity contribution >= 4 is 12.4 Å². The average molecular weight is 252 g/mol. The van der Waals surface area contributed by atoms with Crippen LogP contribution in [-0.2, 0) is 17.8 Å². The molecule has 7 heteroatoms. The molecule has 2 heterocycles. The third kappa shape index (κ3) is 2.66. The van der Waals surface area contributed by atoms with Crippen LogP contribution in [0.2, 0.25) is 0 Å². The van der Waals surface area contributed by atoms with Gasteiger partial charge >= 0.3 is 6.09 Å². The van der Waals surface area contributed by atoms with Gasteiger partial charge in [-0.05, 0) is 20.8 Å². The highest BCUT2D eigenvalue weighted by Crippen LogP contribution is 2.15. The molecule has 7 nitrogen and oxygen atoms in total. The fraction of sp³-hybridized carbons (Fsp3) is 0.636. The lowest BCUT2D eigenvalue weighted by atomic mass is 10.2. The Balaban J connectivity index is 2.07. The maximum Gasteiger partial charge on any atom is 0.410 e. The summed E-state index contributed by atoms with van der Waals surface area (Å²) in [4.78, 5) is 28.1. The van der Waals surface area contributed by atoms with Crippen LogP contribution in [-0.4, -0.2) is 44.2 Å². The SMILES string of the molecule is CC(C)(C)OC(=O)N1CCn2nc(C=O)nc2C1. The molecule has 0 unspecified atom stereocenters. The van der Waals surface area contributed by atoms with Crippen LogP contribution in [0.15, 0.2) is 0 Å². The van der Waals surface area contributed by atoms with Crippen LogP contribution in [0.4, 0.5) is 4.79 Å². The van der Waals surface area contributed by atoms with E-state index in [0.717, 1.165) is 0 Å². The molecule has 0 atom stereocenters. The smallest absolute Gasteiger partial charge is 0.410 e. The Morgan fingerprint density at radius 3 is 2.72 bits per heavy atom. The Morgan fingerprint density at radius 2 is 2.11 bits per heavy atom. The molecule has 0 radical (unpaired) electrons. The molecule has 0 bridgehead atoms. The maximum atomic E-state index is 11.9. The van der Waals surface area contributed by atoms with Crippen molar-refractivity contribution in [2.24, 2.45) is 0 Å². The highest BCUT2D eigenvalue weighted by molar-refractivity contribution is 5.69. The van der Waals surface area contributed by atoms with Crippen molar-refractivity contribution in [1.82, 2.24) is 19.7 Å². The van der Waals surface area contributed by atoms with Crippen LogP contribution in [0, 0.1) is 0 Å². The van der Waals surface area contributed by atoms with Crippen molar-refractivity contribution in [2.45, 2.75) is 39.5 Å². The highest BCUT2D eigenvalue weighted by Gasteiger charge is 2.27. The summed E-state index contributed by atoms with van der Waals surface area (Å²) < 4.78 is 6.93. The van der Waals surface area contributed by atoms with E-state index in [0.29, 0.717) is 31.7 Å². The Morgan fingerprint density at radius 1 is 1.39 bits per heavy atom. The number of amides is 1. The third-order valence-corrected chi connectivity index (χ3v) is 2.44. The van der Waals surface area contributed by atoms with Crippen molar-refractivity contribution in [3.05, 3.63) is 11.6 Å². The number of hydrogen-bond donors (Lipinski definition) is 0. The van der Waals surface area contributed by atoms with Gasteiger partial charge in [-0.1, -0.05) is 0 Å². The molecule has 1 aliphatic heterocycles. The summed E-state index contributed by atoms with van der Waals surface area (Å²) in [5.41, 5.74) is -0.518. The molecule has 98 valence electrons. The van der Waals surface area contributed by atoms with Gasteiger partial charge in [0.25, 0.3) is 0 Å². The number of ether oxygens (including phenoxy) is 1. The second kappa shape index (κ2) is 4.40. The molecule has 1 aromatic heterocycles. The summed E-state index contributed by atoms with van der Waals surface area (Å²) in [5.74, 6) is 0.755. The molecule has 0 aromatic carbocycles. The van der Waals surface area contributed by atoms with Gasteiger partial charge in [-0.25, -0.2) is 14.5 Å². The van der Waals surface area contributed by atoms with Gasteiger partial charge in [0.1, 0.15) is 11.4 Å². The lowest BCUT2D eigenvalue weighted by Crippen LogP contribution is -2.41. The summed E-state index contributed by atoms with van der Waals surface area (Å²) in [7, 11) is 0. The zero-order valence-electron chi connectivity index (χ0n) is 10.7. The number of rotatable bonds is 1. The quantitative estimate of drug-likeness (QED) is 0.692. The lowest BCUT2D eigenvalue weighted by Gasteiger charge is -2.29. The van der Waals surface area contributed by atoms with E-state index in [1.54, 1.807) is 9.58 Å². The largest absolute Gasteiger partial charge is 0.444 e. The molecule has 0 saturated carbocycles. The monoisotopic (exact) mass is 252 g/mol. The zero-order valence-corrected chi connectivity index (χ0v) is 10.7. The van der Waals surface area contributed by atoms with E-state index in [4.69, 9.17) is 4.74 Å². The van der Waals surface area contributed by atoms with Crippen LogP contribution in [0.5, 0.6) is 0 Å². The van der Waals surface area contributed by atoms with Crippen LogP contribution >= 0.6 is 0 Å². The van der Waals surface area contributed by atoms with E-state index in [-0.39, 0.29) is 11.9 Å². The summed E-state index contributed by atoms with van der Waals surface area (Å²) >= 11 is 0. The molecule has 0 saturated heterocycles. The molecule has 1 aromatic rings.